The molecule has 0 amide bonds. The van der Waals surface area contributed by atoms with Crippen molar-refractivity contribution < 1.29 is 0 Å². The molecule has 3 heteroatoms. The van der Waals surface area contributed by atoms with E-state index in [0.717, 1.165) is 29.8 Å². The van der Waals surface area contributed by atoms with Gasteiger partial charge in [-0.3, -0.25) is 0 Å². The summed E-state index contributed by atoms with van der Waals surface area (Å²) in [6, 6.07) is 12.8. The summed E-state index contributed by atoms with van der Waals surface area (Å²) in [6.07, 6.45) is 0.966. The number of pyridine rings is 1. The highest BCUT2D eigenvalue weighted by atomic mass is 79.9. The number of alkyl halides is 1. The van der Waals surface area contributed by atoms with E-state index in [1.807, 2.05) is 0 Å². The fourth-order valence-electron chi connectivity index (χ4n) is 2.19. The second-order valence-corrected chi connectivity index (χ2v) is 4.80. The van der Waals surface area contributed by atoms with E-state index in [9.17, 15) is 0 Å². The van der Waals surface area contributed by atoms with Crippen LogP contribution in [0.15, 0.2) is 36.4 Å². The Balaban J connectivity index is 2.03. The molecule has 0 radical (unpaired) electrons. The van der Waals surface area contributed by atoms with Crippen molar-refractivity contribution in [1.82, 2.24) is 4.98 Å². The SMILES string of the molecule is BrCc1ccc2c(n1)NCc1ccccc1C2. The third kappa shape index (κ3) is 2.07. The van der Waals surface area contributed by atoms with Crippen LogP contribution in [0.5, 0.6) is 0 Å². The lowest BCUT2D eigenvalue weighted by molar-refractivity contribution is 1.09. The molecule has 0 saturated carbocycles. The van der Waals surface area contributed by atoms with Crippen LogP contribution in [0.2, 0.25) is 0 Å². The van der Waals surface area contributed by atoms with Crippen molar-refractivity contribution in [3.05, 3.63) is 58.8 Å². The van der Waals surface area contributed by atoms with Gasteiger partial charge in [-0.25, -0.2) is 4.98 Å². The minimum absolute atomic E-state index is 0.801. The summed E-state index contributed by atoms with van der Waals surface area (Å²) in [5.41, 5.74) is 5.11. The first kappa shape index (κ1) is 10.8. The van der Waals surface area contributed by atoms with Crippen molar-refractivity contribution in [1.29, 1.82) is 0 Å². The summed E-state index contributed by atoms with van der Waals surface area (Å²) < 4.78 is 0. The number of halogens is 1. The minimum atomic E-state index is 0.801. The Morgan fingerprint density at radius 1 is 1.06 bits per heavy atom. The number of anilines is 1. The third-order valence-corrected chi connectivity index (χ3v) is 3.69. The van der Waals surface area contributed by atoms with Crippen LogP contribution in [0.1, 0.15) is 22.4 Å². The van der Waals surface area contributed by atoms with Gasteiger partial charge >= 0.3 is 0 Å². The van der Waals surface area contributed by atoms with Gasteiger partial charge in [-0.2, -0.15) is 0 Å². The van der Waals surface area contributed by atoms with Gasteiger partial charge in [0.05, 0.1) is 5.69 Å². The maximum atomic E-state index is 4.62. The van der Waals surface area contributed by atoms with Gasteiger partial charge in [-0.05, 0) is 22.8 Å². The quantitative estimate of drug-likeness (QED) is 0.813. The summed E-state index contributed by atoms with van der Waals surface area (Å²) in [5, 5.41) is 4.22. The van der Waals surface area contributed by atoms with Gasteiger partial charge in [0.1, 0.15) is 5.82 Å². The molecule has 1 aromatic carbocycles. The number of fused-ring (bicyclic) bond motifs is 2. The number of rotatable bonds is 1. The molecule has 0 spiro atoms. The maximum absolute atomic E-state index is 4.62. The lowest BCUT2D eigenvalue weighted by atomic mass is 10.0. The number of nitrogens with one attached hydrogen (secondary N) is 1. The van der Waals surface area contributed by atoms with Crippen molar-refractivity contribution in [2.24, 2.45) is 0 Å². The van der Waals surface area contributed by atoms with E-state index < -0.39 is 0 Å². The molecule has 17 heavy (non-hydrogen) atoms. The van der Waals surface area contributed by atoms with E-state index >= 15 is 0 Å². The fourth-order valence-corrected chi connectivity index (χ4v) is 2.50. The molecule has 2 nitrogen and oxygen atoms in total. The average Bonchev–Trinajstić information content (AvgIpc) is 2.57. The highest BCUT2D eigenvalue weighted by molar-refractivity contribution is 9.08. The molecule has 0 unspecified atom stereocenters. The smallest absolute Gasteiger partial charge is 0.130 e. The Bertz CT molecular complexity index is 552. The molecule has 1 aromatic heterocycles. The molecule has 86 valence electrons. The number of hydrogen-bond donors (Lipinski definition) is 1. The van der Waals surface area contributed by atoms with Gasteiger partial charge in [-0.15, -0.1) is 0 Å². The Kier molecular flexibility index (Phi) is 2.85. The molecule has 1 N–H and O–H groups in total. The van der Waals surface area contributed by atoms with Gasteiger partial charge in [0.15, 0.2) is 0 Å². The number of benzene rings is 1. The van der Waals surface area contributed by atoms with Crippen LogP contribution in [-0.2, 0) is 18.3 Å². The molecule has 3 rings (SSSR count). The van der Waals surface area contributed by atoms with E-state index in [1.165, 1.54) is 16.7 Å². The molecule has 0 atom stereocenters. The van der Waals surface area contributed by atoms with Gasteiger partial charge in [0.25, 0.3) is 0 Å². The number of aromatic nitrogens is 1. The second kappa shape index (κ2) is 4.49. The van der Waals surface area contributed by atoms with Crippen LogP contribution in [0, 0.1) is 0 Å². The zero-order valence-corrected chi connectivity index (χ0v) is 11.0. The zero-order valence-electron chi connectivity index (χ0n) is 9.41. The molecule has 2 heterocycles. The molecule has 0 aliphatic carbocycles. The van der Waals surface area contributed by atoms with Gasteiger partial charge in [0.2, 0.25) is 0 Å². The second-order valence-electron chi connectivity index (χ2n) is 4.24. The van der Waals surface area contributed by atoms with Crippen molar-refractivity contribution >= 4 is 21.7 Å². The van der Waals surface area contributed by atoms with E-state index in [0.29, 0.717) is 0 Å². The van der Waals surface area contributed by atoms with Gasteiger partial charge in [-0.1, -0.05) is 46.3 Å². The highest BCUT2D eigenvalue weighted by Gasteiger charge is 2.13. The Hall–Kier alpha value is -1.35. The number of hydrogen-bond acceptors (Lipinski definition) is 2. The van der Waals surface area contributed by atoms with Crippen LogP contribution >= 0.6 is 15.9 Å². The predicted octanol–water partition coefficient (Wildman–Crippen LogP) is 3.49. The minimum Gasteiger partial charge on any atom is -0.366 e. The summed E-state index contributed by atoms with van der Waals surface area (Å²) in [5.74, 6) is 1.03. The first-order chi connectivity index (χ1) is 8.36. The van der Waals surface area contributed by atoms with Crippen LogP contribution in [0.25, 0.3) is 0 Å². The van der Waals surface area contributed by atoms with Crippen molar-refractivity contribution in [3.8, 4) is 0 Å². The average molecular weight is 289 g/mol. The van der Waals surface area contributed by atoms with Crippen LogP contribution in [-0.4, -0.2) is 4.98 Å². The van der Waals surface area contributed by atoms with Crippen LogP contribution in [0.4, 0.5) is 5.82 Å². The highest BCUT2D eigenvalue weighted by Crippen LogP contribution is 2.25. The first-order valence-corrected chi connectivity index (χ1v) is 6.84. The summed E-state index contributed by atoms with van der Waals surface area (Å²) in [4.78, 5) is 4.62. The number of nitrogens with zero attached hydrogens (tertiary/aromatic N) is 1. The van der Waals surface area contributed by atoms with Crippen molar-refractivity contribution in [2.75, 3.05) is 5.32 Å². The standard InChI is InChI=1S/C14H13BrN2/c15-8-13-6-5-11-7-10-3-1-2-4-12(10)9-16-14(11)17-13/h1-6H,7-9H2,(H,16,17). The maximum Gasteiger partial charge on any atom is 0.130 e. The van der Waals surface area contributed by atoms with E-state index in [4.69, 9.17) is 0 Å². The topological polar surface area (TPSA) is 24.9 Å². The van der Waals surface area contributed by atoms with Gasteiger partial charge < -0.3 is 5.32 Å². The zero-order chi connectivity index (χ0) is 11.7. The molecule has 0 saturated heterocycles. The molecule has 1 aliphatic heterocycles. The third-order valence-electron chi connectivity index (χ3n) is 3.12. The van der Waals surface area contributed by atoms with Crippen LogP contribution < -0.4 is 5.32 Å². The molecule has 0 bridgehead atoms. The summed E-state index contributed by atoms with van der Waals surface area (Å²) in [7, 11) is 0. The molecular formula is C14H13BrN2. The molecular weight excluding hydrogens is 276 g/mol. The van der Waals surface area contributed by atoms with E-state index in [-0.39, 0.29) is 0 Å². The predicted molar refractivity (Wildman–Crippen MR) is 73.4 cm³/mol. The normalized spacial score (nSPS) is 13.2. The Morgan fingerprint density at radius 3 is 2.71 bits per heavy atom. The first-order valence-electron chi connectivity index (χ1n) is 5.72. The van der Waals surface area contributed by atoms with Crippen molar-refractivity contribution in [2.45, 2.75) is 18.3 Å². The molecule has 2 aromatic rings. The molecule has 0 fully saturated rings. The largest absolute Gasteiger partial charge is 0.366 e. The molecule has 1 aliphatic rings. The lowest BCUT2D eigenvalue weighted by Crippen LogP contribution is -2.02. The Labute approximate surface area is 109 Å². The summed E-state index contributed by atoms with van der Waals surface area (Å²) >= 11 is 3.44. The van der Waals surface area contributed by atoms with E-state index in [1.54, 1.807) is 0 Å². The lowest BCUT2D eigenvalue weighted by Gasteiger charge is -2.07. The van der Waals surface area contributed by atoms with Crippen LogP contribution in [0.3, 0.4) is 0 Å². The fraction of sp³-hybridized carbons (Fsp3) is 0.214. The monoisotopic (exact) mass is 288 g/mol. The van der Waals surface area contributed by atoms with Gasteiger partial charge in [0, 0.05) is 18.3 Å². The van der Waals surface area contributed by atoms with Crippen molar-refractivity contribution in [3.63, 3.8) is 0 Å². The summed E-state index contributed by atoms with van der Waals surface area (Å²) in [6.45, 7) is 0.863. The van der Waals surface area contributed by atoms with E-state index in [2.05, 4.69) is 62.6 Å². The Morgan fingerprint density at radius 2 is 1.88 bits per heavy atom.